The number of hydrogen-bond donors (Lipinski definition) is 1. The highest BCUT2D eigenvalue weighted by atomic mass is 32.2. The fraction of sp³-hybridized carbons (Fsp3) is 0.500. The molecule has 1 N–H and O–H groups in total. The standard InChI is InChI=1S/C12H18N2O3S/c1-2-14(11-6-5-7-12(15)10-11)18(16,17)13-8-3-4-9-13/h5-7,10,15H,2-4,8-9H2,1H3. The average molecular weight is 270 g/mol. The second kappa shape index (κ2) is 5.16. The molecule has 0 saturated carbocycles. The van der Waals surface area contributed by atoms with Gasteiger partial charge in [0.2, 0.25) is 0 Å². The summed E-state index contributed by atoms with van der Waals surface area (Å²) >= 11 is 0. The number of nitrogens with zero attached hydrogens (tertiary/aromatic N) is 2. The minimum atomic E-state index is -3.47. The first-order valence-corrected chi connectivity index (χ1v) is 7.52. The topological polar surface area (TPSA) is 60.9 Å². The number of hydrogen-bond acceptors (Lipinski definition) is 3. The summed E-state index contributed by atoms with van der Waals surface area (Å²) in [5.74, 6) is 0.0718. The third kappa shape index (κ3) is 2.44. The lowest BCUT2D eigenvalue weighted by atomic mass is 10.3. The van der Waals surface area contributed by atoms with Gasteiger partial charge in [0.1, 0.15) is 5.75 Å². The van der Waals surface area contributed by atoms with E-state index < -0.39 is 10.2 Å². The molecule has 0 bridgehead atoms. The molecule has 1 aromatic carbocycles. The van der Waals surface area contributed by atoms with Crippen LogP contribution in [0.4, 0.5) is 5.69 Å². The minimum absolute atomic E-state index is 0.0718. The molecular weight excluding hydrogens is 252 g/mol. The molecule has 1 aliphatic rings. The molecule has 0 aromatic heterocycles. The highest BCUT2D eigenvalue weighted by Gasteiger charge is 2.31. The van der Waals surface area contributed by atoms with Crippen molar-refractivity contribution in [2.75, 3.05) is 23.9 Å². The summed E-state index contributed by atoms with van der Waals surface area (Å²) in [6.07, 6.45) is 1.83. The second-order valence-electron chi connectivity index (χ2n) is 4.30. The normalized spacial score (nSPS) is 16.9. The van der Waals surface area contributed by atoms with Crippen molar-refractivity contribution in [2.24, 2.45) is 0 Å². The van der Waals surface area contributed by atoms with Gasteiger partial charge in [-0.15, -0.1) is 0 Å². The maximum absolute atomic E-state index is 12.4. The smallest absolute Gasteiger partial charge is 0.304 e. The Kier molecular flexibility index (Phi) is 3.77. The van der Waals surface area contributed by atoms with Crippen molar-refractivity contribution in [3.63, 3.8) is 0 Å². The summed E-state index contributed by atoms with van der Waals surface area (Å²) in [6.45, 7) is 3.30. The highest BCUT2D eigenvalue weighted by molar-refractivity contribution is 7.90. The van der Waals surface area contributed by atoms with E-state index in [1.807, 2.05) is 0 Å². The summed E-state index contributed by atoms with van der Waals surface area (Å²) in [5.41, 5.74) is 0.504. The number of anilines is 1. The van der Waals surface area contributed by atoms with E-state index in [2.05, 4.69) is 0 Å². The predicted molar refractivity (Wildman–Crippen MR) is 70.9 cm³/mol. The Bertz CT molecular complexity index is 510. The van der Waals surface area contributed by atoms with Crippen molar-refractivity contribution in [3.05, 3.63) is 24.3 Å². The van der Waals surface area contributed by atoms with Crippen LogP contribution >= 0.6 is 0 Å². The first kappa shape index (κ1) is 13.2. The molecule has 5 nitrogen and oxygen atoms in total. The van der Waals surface area contributed by atoms with Gasteiger partial charge in [0.05, 0.1) is 5.69 Å². The van der Waals surface area contributed by atoms with Crippen LogP contribution < -0.4 is 4.31 Å². The molecule has 0 spiro atoms. The molecule has 1 aliphatic heterocycles. The third-order valence-corrected chi connectivity index (χ3v) is 5.12. The summed E-state index contributed by atoms with van der Waals surface area (Å²) in [7, 11) is -3.47. The predicted octanol–water partition coefficient (Wildman–Crippen LogP) is 1.56. The fourth-order valence-electron chi connectivity index (χ4n) is 2.19. The lowest BCUT2D eigenvalue weighted by Gasteiger charge is -2.27. The molecule has 0 atom stereocenters. The number of rotatable bonds is 4. The van der Waals surface area contributed by atoms with Crippen LogP contribution in [0.3, 0.4) is 0 Å². The lowest BCUT2D eigenvalue weighted by Crippen LogP contribution is -2.42. The molecular formula is C12H18N2O3S. The van der Waals surface area contributed by atoms with Crippen molar-refractivity contribution in [2.45, 2.75) is 19.8 Å². The minimum Gasteiger partial charge on any atom is -0.508 e. The summed E-state index contributed by atoms with van der Waals surface area (Å²) in [5, 5.41) is 9.45. The Morgan fingerprint density at radius 2 is 2.00 bits per heavy atom. The van der Waals surface area contributed by atoms with Crippen LogP contribution in [-0.2, 0) is 10.2 Å². The molecule has 1 fully saturated rings. The monoisotopic (exact) mass is 270 g/mol. The zero-order chi connectivity index (χ0) is 13.2. The van der Waals surface area contributed by atoms with Gasteiger partial charge in [-0.3, -0.25) is 4.31 Å². The zero-order valence-corrected chi connectivity index (χ0v) is 11.2. The number of phenolic OH excluding ortho intramolecular Hbond substituents is 1. The Morgan fingerprint density at radius 3 is 2.56 bits per heavy atom. The molecule has 1 saturated heterocycles. The van der Waals surface area contributed by atoms with Gasteiger partial charge in [-0.25, -0.2) is 0 Å². The van der Waals surface area contributed by atoms with Gasteiger partial charge in [0, 0.05) is 25.7 Å². The fourth-order valence-corrected chi connectivity index (χ4v) is 3.89. The molecule has 100 valence electrons. The van der Waals surface area contributed by atoms with Crippen molar-refractivity contribution in [1.29, 1.82) is 0 Å². The van der Waals surface area contributed by atoms with E-state index in [0.717, 1.165) is 12.8 Å². The van der Waals surface area contributed by atoms with Crippen molar-refractivity contribution < 1.29 is 13.5 Å². The second-order valence-corrected chi connectivity index (χ2v) is 6.15. The maximum Gasteiger partial charge on any atom is 0.304 e. The largest absolute Gasteiger partial charge is 0.508 e. The molecule has 6 heteroatoms. The van der Waals surface area contributed by atoms with Gasteiger partial charge in [0.15, 0.2) is 0 Å². The Morgan fingerprint density at radius 1 is 1.33 bits per heavy atom. The molecule has 1 aromatic rings. The van der Waals surface area contributed by atoms with E-state index in [4.69, 9.17) is 0 Å². The van der Waals surface area contributed by atoms with Gasteiger partial charge >= 0.3 is 10.2 Å². The van der Waals surface area contributed by atoms with E-state index in [0.29, 0.717) is 25.3 Å². The van der Waals surface area contributed by atoms with E-state index in [1.165, 1.54) is 20.7 Å². The molecule has 18 heavy (non-hydrogen) atoms. The number of benzene rings is 1. The van der Waals surface area contributed by atoms with Gasteiger partial charge < -0.3 is 5.11 Å². The van der Waals surface area contributed by atoms with Crippen LogP contribution in [0.5, 0.6) is 5.75 Å². The van der Waals surface area contributed by atoms with Crippen molar-refractivity contribution in [3.8, 4) is 5.75 Å². The van der Waals surface area contributed by atoms with Crippen LogP contribution in [0, 0.1) is 0 Å². The summed E-state index contributed by atoms with van der Waals surface area (Å²) in [4.78, 5) is 0. The molecule has 0 radical (unpaired) electrons. The van der Waals surface area contributed by atoms with Crippen molar-refractivity contribution in [1.82, 2.24) is 4.31 Å². The van der Waals surface area contributed by atoms with Gasteiger partial charge in [-0.1, -0.05) is 6.07 Å². The maximum atomic E-state index is 12.4. The lowest BCUT2D eigenvalue weighted by molar-refractivity contribution is 0.472. The highest BCUT2D eigenvalue weighted by Crippen LogP contribution is 2.25. The van der Waals surface area contributed by atoms with E-state index >= 15 is 0 Å². The molecule has 0 aliphatic carbocycles. The van der Waals surface area contributed by atoms with Crippen molar-refractivity contribution >= 4 is 15.9 Å². The van der Waals surface area contributed by atoms with E-state index in [1.54, 1.807) is 19.1 Å². The SMILES string of the molecule is CCN(c1cccc(O)c1)S(=O)(=O)N1CCCC1. The quantitative estimate of drug-likeness (QED) is 0.903. The Hall–Kier alpha value is -1.27. The summed E-state index contributed by atoms with van der Waals surface area (Å²) < 4.78 is 27.7. The first-order valence-electron chi connectivity index (χ1n) is 6.12. The number of aromatic hydroxyl groups is 1. The van der Waals surface area contributed by atoms with Gasteiger partial charge in [0.25, 0.3) is 0 Å². The average Bonchev–Trinajstić information content (AvgIpc) is 2.83. The van der Waals surface area contributed by atoms with Gasteiger partial charge in [-0.2, -0.15) is 12.7 Å². The molecule has 0 amide bonds. The first-order chi connectivity index (χ1) is 8.55. The molecule has 1 heterocycles. The third-order valence-electron chi connectivity index (χ3n) is 3.07. The van der Waals surface area contributed by atoms with Crippen LogP contribution in [-0.4, -0.2) is 37.5 Å². The molecule has 2 rings (SSSR count). The van der Waals surface area contributed by atoms with E-state index in [-0.39, 0.29) is 5.75 Å². The Balaban J connectivity index is 2.33. The summed E-state index contributed by atoms with van der Waals surface area (Å²) in [6, 6.07) is 6.33. The van der Waals surface area contributed by atoms with Crippen LogP contribution in [0.2, 0.25) is 0 Å². The zero-order valence-electron chi connectivity index (χ0n) is 10.4. The van der Waals surface area contributed by atoms with Crippen LogP contribution in [0.15, 0.2) is 24.3 Å². The Labute approximate surface area is 108 Å². The van der Waals surface area contributed by atoms with E-state index in [9.17, 15) is 13.5 Å². The number of phenols is 1. The van der Waals surface area contributed by atoms with Crippen LogP contribution in [0.1, 0.15) is 19.8 Å². The molecule has 0 unspecified atom stereocenters. The van der Waals surface area contributed by atoms with Gasteiger partial charge in [-0.05, 0) is 31.9 Å². The van der Waals surface area contributed by atoms with Crippen LogP contribution in [0.25, 0.3) is 0 Å².